The maximum atomic E-state index is 10.7. The van der Waals surface area contributed by atoms with E-state index in [0.29, 0.717) is 6.54 Å². The Morgan fingerprint density at radius 2 is 2.06 bits per heavy atom. The van der Waals surface area contributed by atoms with Gasteiger partial charge in [0.05, 0.1) is 6.42 Å². The molecule has 1 aromatic heterocycles. The second-order valence-corrected chi connectivity index (χ2v) is 6.31. The summed E-state index contributed by atoms with van der Waals surface area (Å²) in [5, 5.41) is 9.57. The Kier molecular flexibility index (Phi) is 4.67. The molecule has 0 aromatic carbocycles. The fourth-order valence-corrected chi connectivity index (χ4v) is 2.44. The van der Waals surface area contributed by atoms with Crippen molar-refractivity contribution in [3.05, 3.63) is 5.82 Å². The van der Waals surface area contributed by atoms with E-state index in [1.165, 1.54) is 11.5 Å². The molecule has 0 saturated carbocycles. The number of hydrogen-bond acceptors (Lipinski definition) is 5. The lowest BCUT2D eigenvalue weighted by Crippen LogP contribution is -2.33. The third-order valence-corrected chi connectivity index (χ3v) is 3.28. The Morgan fingerprint density at radius 1 is 1.44 bits per heavy atom. The van der Waals surface area contributed by atoms with Gasteiger partial charge < -0.3 is 10.0 Å². The molecule has 0 fully saturated rings. The topological polar surface area (TPSA) is 66.3 Å². The van der Waals surface area contributed by atoms with Gasteiger partial charge in [0.25, 0.3) is 0 Å². The zero-order valence-electron chi connectivity index (χ0n) is 11.6. The highest BCUT2D eigenvalue weighted by molar-refractivity contribution is 7.09. The summed E-state index contributed by atoms with van der Waals surface area (Å²) in [4.78, 5) is 17.2. The number of anilines is 1. The van der Waals surface area contributed by atoms with Crippen molar-refractivity contribution in [1.82, 2.24) is 9.36 Å². The first kappa shape index (κ1) is 14.9. The predicted molar refractivity (Wildman–Crippen MR) is 73.3 cm³/mol. The second kappa shape index (κ2) is 5.65. The highest BCUT2D eigenvalue weighted by atomic mass is 32.1. The molecule has 5 nitrogen and oxygen atoms in total. The lowest BCUT2D eigenvalue weighted by Gasteiger charge is -2.25. The van der Waals surface area contributed by atoms with Crippen LogP contribution >= 0.6 is 11.5 Å². The van der Waals surface area contributed by atoms with Crippen molar-refractivity contribution >= 4 is 22.6 Å². The smallest absolute Gasteiger partial charge is 0.305 e. The molecule has 0 aliphatic carbocycles. The van der Waals surface area contributed by atoms with Crippen molar-refractivity contribution < 1.29 is 9.90 Å². The molecule has 1 N–H and O–H groups in total. The first-order valence-corrected chi connectivity index (χ1v) is 6.81. The van der Waals surface area contributed by atoms with E-state index in [1.54, 1.807) is 0 Å². The summed E-state index contributed by atoms with van der Waals surface area (Å²) in [6.45, 7) is 10.7. The van der Waals surface area contributed by atoms with Crippen LogP contribution in [0.5, 0.6) is 0 Å². The summed E-state index contributed by atoms with van der Waals surface area (Å²) in [7, 11) is 0. The summed E-state index contributed by atoms with van der Waals surface area (Å²) in [6.07, 6.45) is 0.114. The number of aliphatic carboxylic acids is 1. The van der Waals surface area contributed by atoms with Gasteiger partial charge in [0, 0.05) is 29.5 Å². The molecule has 18 heavy (non-hydrogen) atoms. The first-order valence-electron chi connectivity index (χ1n) is 6.04. The van der Waals surface area contributed by atoms with Crippen LogP contribution in [0.1, 0.15) is 46.9 Å². The minimum atomic E-state index is -0.791. The van der Waals surface area contributed by atoms with Crippen LogP contribution in [0.2, 0.25) is 0 Å². The van der Waals surface area contributed by atoms with Crippen molar-refractivity contribution in [1.29, 1.82) is 0 Å². The Labute approximate surface area is 112 Å². The summed E-state index contributed by atoms with van der Waals surface area (Å²) in [6, 6.07) is 0.213. The van der Waals surface area contributed by atoms with E-state index in [9.17, 15) is 4.79 Å². The molecule has 0 saturated heterocycles. The maximum absolute atomic E-state index is 10.7. The largest absolute Gasteiger partial charge is 0.481 e. The van der Waals surface area contributed by atoms with E-state index in [2.05, 4.69) is 30.1 Å². The molecule has 0 bridgehead atoms. The van der Waals surface area contributed by atoms with Gasteiger partial charge in [-0.15, -0.1) is 0 Å². The number of carboxylic acids is 1. The summed E-state index contributed by atoms with van der Waals surface area (Å²) < 4.78 is 4.36. The van der Waals surface area contributed by atoms with Crippen molar-refractivity contribution in [2.24, 2.45) is 0 Å². The van der Waals surface area contributed by atoms with Gasteiger partial charge in [0.2, 0.25) is 5.13 Å². The van der Waals surface area contributed by atoms with Gasteiger partial charge in [-0.3, -0.25) is 4.79 Å². The van der Waals surface area contributed by atoms with Crippen LogP contribution in [0.15, 0.2) is 0 Å². The zero-order chi connectivity index (χ0) is 13.9. The number of nitrogens with zero attached hydrogens (tertiary/aromatic N) is 3. The zero-order valence-corrected chi connectivity index (χ0v) is 12.4. The molecular formula is C12H21N3O2S. The lowest BCUT2D eigenvalue weighted by atomic mass is 9.96. The van der Waals surface area contributed by atoms with Crippen LogP contribution in [-0.2, 0) is 10.2 Å². The van der Waals surface area contributed by atoms with E-state index < -0.39 is 5.97 Å². The molecule has 0 aliphatic rings. The van der Waals surface area contributed by atoms with Crippen molar-refractivity contribution in [2.45, 2.75) is 52.5 Å². The quantitative estimate of drug-likeness (QED) is 0.891. The van der Waals surface area contributed by atoms with Gasteiger partial charge in [-0.25, -0.2) is 4.98 Å². The van der Waals surface area contributed by atoms with Gasteiger partial charge in [-0.1, -0.05) is 20.8 Å². The molecule has 0 aliphatic heterocycles. The van der Waals surface area contributed by atoms with Crippen LogP contribution in [0.3, 0.4) is 0 Å². The van der Waals surface area contributed by atoms with Gasteiger partial charge in [0.15, 0.2) is 0 Å². The molecular weight excluding hydrogens is 250 g/mol. The van der Waals surface area contributed by atoms with Crippen molar-refractivity contribution in [3.8, 4) is 0 Å². The predicted octanol–water partition coefficient (Wildman–Crippen LogP) is 2.53. The molecule has 1 rings (SSSR count). The number of aromatic nitrogens is 2. The summed E-state index contributed by atoms with van der Waals surface area (Å²) in [5.41, 5.74) is -0.0792. The molecule has 6 heteroatoms. The summed E-state index contributed by atoms with van der Waals surface area (Å²) >= 11 is 1.34. The van der Waals surface area contributed by atoms with Gasteiger partial charge in [0.1, 0.15) is 5.82 Å². The number of carboxylic acid groups (broad SMARTS) is 1. The average molecular weight is 271 g/mol. The van der Waals surface area contributed by atoms with Crippen LogP contribution in [0, 0.1) is 0 Å². The Bertz CT molecular complexity index is 410. The SMILES string of the molecule is CC(C)N(CCC(=O)O)c1nc(C(C)(C)C)ns1. The average Bonchev–Trinajstić information content (AvgIpc) is 2.65. The van der Waals surface area contributed by atoms with Crippen LogP contribution < -0.4 is 4.90 Å². The lowest BCUT2D eigenvalue weighted by molar-refractivity contribution is -0.136. The van der Waals surface area contributed by atoms with Crippen LogP contribution in [0.4, 0.5) is 5.13 Å². The molecule has 1 heterocycles. The number of hydrogen-bond donors (Lipinski definition) is 1. The molecule has 0 unspecified atom stereocenters. The van der Waals surface area contributed by atoms with E-state index in [0.717, 1.165) is 11.0 Å². The molecule has 0 spiro atoms. The minimum Gasteiger partial charge on any atom is -0.481 e. The minimum absolute atomic E-state index is 0.0792. The highest BCUT2D eigenvalue weighted by Gasteiger charge is 2.22. The molecule has 0 radical (unpaired) electrons. The van der Waals surface area contributed by atoms with Gasteiger partial charge in [-0.2, -0.15) is 4.37 Å². The van der Waals surface area contributed by atoms with Gasteiger partial charge in [-0.05, 0) is 13.8 Å². The maximum Gasteiger partial charge on any atom is 0.305 e. The standard InChI is InChI=1S/C12H21N3O2S/c1-8(2)15(7-6-9(16)17)11-13-10(14-18-11)12(3,4)5/h8H,6-7H2,1-5H3,(H,16,17). The van der Waals surface area contributed by atoms with Crippen LogP contribution in [0.25, 0.3) is 0 Å². The number of rotatable bonds is 5. The first-order chi connectivity index (χ1) is 8.21. The van der Waals surface area contributed by atoms with Crippen molar-refractivity contribution in [2.75, 3.05) is 11.4 Å². The van der Waals surface area contributed by atoms with Crippen LogP contribution in [-0.4, -0.2) is 33.0 Å². The fourth-order valence-electron chi connectivity index (χ4n) is 1.43. The number of carbonyl (C=O) groups is 1. The van der Waals surface area contributed by atoms with E-state index in [1.807, 2.05) is 18.7 Å². The van der Waals surface area contributed by atoms with E-state index >= 15 is 0 Å². The second-order valence-electron chi connectivity index (χ2n) is 5.58. The fraction of sp³-hybridized carbons (Fsp3) is 0.750. The molecule has 0 amide bonds. The normalized spacial score (nSPS) is 11.9. The third kappa shape index (κ3) is 3.94. The van der Waals surface area contributed by atoms with E-state index in [4.69, 9.17) is 5.11 Å². The summed E-state index contributed by atoms with van der Waals surface area (Å²) in [5.74, 6) is 0.0182. The highest BCUT2D eigenvalue weighted by Crippen LogP contribution is 2.26. The molecule has 1 aromatic rings. The molecule has 102 valence electrons. The van der Waals surface area contributed by atoms with E-state index in [-0.39, 0.29) is 17.9 Å². The Morgan fingerprint density at radius 3 is 2.44 bits per heavy atom. The molecule has 0 atom stereocenters. The van der Waals surface area contributed by atoms with Gasteiger partial charge >= 0.3 is 5.97 Å². The Balaban J connectivity index is 2.86. The monoisotopic (exact) mass is 271 g/mol. The Hall–Kier alpha value is -1.17. The third-order valence-electron chi connectivity index (χ3n) is 2.52. The van der Waals surface area contributed by atoms with Crippen molar-refractivity contribution in [3.63, 3.8) is 0 Å².